The van der Waals surface area contributed by atoms with Crippen LogP contribution in [-0.4, -0.2) is 20.9 Å². The summed E-state index contributed by atoms with van der Waals surface area (Å²) in [5, 5.41) is 6.54. The highest BCUT2D eigenvalue weighted by molar-refractivity contribution is 7.99. The van der Waals surface area contributed by atoms with Crippen LogP contribution in [0.25, 0.3) is 0 Å². The number of hydrogen-bond donors (Lipinski definition) is 2. The molecular formula is C6H7N3OS. The Morgan fingerprint density at radius 1 is 1.73 bits per heavy atom. The Labute approximate surface area is 67.8 Å². The first-order chi connectivity index (χ1) is 5.33. The Kier molecular flexibility index (Phi) is 2.81. The highest BCUT2D eigenvalue weighted by Crippen LogP contribution is 2.06. The van der Waals surface area contributed by atoms with Gasteiger partial charge in [0.2, 0.25) is 0 Å². The lowest BCUT2D eigenvalue weighted by atomic mass is 10.7. The maximum Gasteiger partial charge on any atom is 0.341 e. The normalized spacial score (nSPS) is 8.82. The summed E-state index contributed by atoms with van der Waals surface area (Å²) in [5.41, 5.74) is -0.281. The lowest BCUT2D eigenvalue weighted by molar-refractivity contribution is 0.972. The summed E-state index contributed by atoms with van der Waals surface area (Å²) in [7, 11) is 0. The molecule has 0 fully saturated rings. The number of aromatic amines is 2. The van der Waals surface area contributed by atoms with E-state index in [0.29, 0.717) is 10.9 Å². The maximum atomic E-state index is 10.5. The van der Waals surface area contributed by atoms with E-state index in [1.165, 1.54) is 11.8 Å². The molecule has 0 aliphatic rings. The zero-order valence-corrected chi connectivity index (χ0v) is 6.79. The summed E-state index contributed by atoms with van der Waals surface area (Å²) < 4.78 is 0. The summed E-state index contributed by atoms with van der Waals surface area (Å²) in [6.45, 7) is 1.77. The molecule has 1 heterocycles. The van der Waals surface area contributed by atoms with E-state index in [4.69, 9.17) is 0 Å². The fourth-order valence-electron chi connectivity index (χ4n) is 0.500. The van der Waals surface area contributed by atoms with Crippen molar-refractivity contribution in [2.24, 2.45) is 0 Å². The van der Waals surface area contributed by atoms with E-state index in [1.807, 2.05) is 0 Å². The van der Waals surface area contributed by atoms with Gasteiger partial charge in [-0.1, -0.05) is 17.7 Å². The molecule has 0 bridgehead atoms. The first kappa shape index (κ1) is 7.95. The lowest BCUT2D eigenvalue weighted by Crippen LogP contribution is -2.00. The third-order valence-electron chi connectivity index (χ3n) is 0.937. The van der Waals surface area contributed by atoms with Crippen molar-refractivity contribution < 1.29 is 0 Å². The molecule has 0 radical (unpaired) electrons. The predicted molar refractivity (Wildman–Crippen MR) is 43.4 cm³/mol. The van der Waals surface area contributed by atoms with Gasteiger partial charge in [0.25, 0.3) is 0 Å². The summed E-state index contributed by atoms with van der Waals surface area (Å²) >= 11 is 1.39. The Morgan fingerprint density at radius 3 is 3.09 bits per heavy atom. The summed E-state index contributed by atoms with van der Waals surface area (Å²) in [5.74, 6) is 6.24. The molecule has 1 aromatic heterocycles. The van der Waals surface area contributed by atoms with Crippen LogP contribution in [0.5, 0.6) is 0 Å². The highest BCUT2D eigenvalue weighted by atomic mass is 32.2. The predicted octanol–water partition coefficient (Wildman–Crippen LogP) is 0.213. The van der Waals surface area contributed by atoms with Gasteiger partial charge in [-0.25, -0.2) is 9.89 Å². The molecule has 11 heavy (non-hydrogen) atoms. The first-order valence-corrected chi connectivity index (χ1v) is 3.98. The summed E-state index contributed by atoms with van der Waals surface area (Å²) in [6, 6.07) is 0. The average molecular weight is 169 g/mol. The van der Waals surface area contributed by atoms with Crippen molar-refractivity contribution >= 4 is 11.8 Å². The number of aromatic nitrogens is 3. The SMILES string of the molecule is CC#CCSc1n[nH]c(=O)[nH]1. The van der Waals surface area contributed by atoms with Gasteiger partial charge in [-0.3, -0.25) is 4.98 Å². The van der Waals surface area contributed by atoms with Crippen molar-refractivity contribution in [3.63, 3.8) is 0 Å². The van der Waals surface area contributed by atoms with E-state index in [9.17, 15) is 4.79 Å². The van der Waals surface area contributed by atoms with Crippen molar-refractivity contribution in [2.75, 3.05) is 5.75 Å². The molecule has 4 nitrogen and oxygen atoms in total. The quantitative estimate of drug-likeness (QED) is 0.491. The van der Waals surface area contributed by atoms with Gasteiger partial charge in [-0.2, -0.15) is 0 Å². The van der Waals surface area contributed by atoms with Crippen molar-refractivity contribution in [3.8, 4) is 11.8 Å². The molecule has 0 unspecified atom stereocenters. The van der Waals surface area contributed by atoms with Crippen LogP contribution in [0.2, 0.25) is 0 Å². The van der Waals surface area contributed by atoms with Gasteiger partial charge in [-0.15, -0.1) is 11.0 Å². The molecule has 0 aliphatic carbocycles. The number of hydrogen-bond acceptors (Lipinski definition) is 3. The van der Waals surface area contributed by atoms with E-state index < -0.39 is 0 Å². The average Bonchev–Trinajstić information content (AvgIpc) is 2.37. The second kappa shape index (κ2) is 3.88. The Morgan fingerprint density at radius 2 is 2.55 bits per heavy atom. The standard InChI is InChI=1S/C6H7N3OS/c1-2-3-4-11-6-7-5(10)8-9-6/h4H2,1H3,(H2,7,8,9,10). The van der Waals surface area contributed by atoms with E-state index in [1.54, 1.807) is 6.92 Å². The smallest absolute Gasteiger partial charge is 0.284 e. The summed E-state index contributed by atoms with van der Waals surface area (Å²) in [4.78, 5) is 13.0. The van der Waals surface area contributed by atoms with Gasteiger partial charge >= 0.3 is 5.69 Å². The maximum absolute atomic E-state index is 10.5. The van der Waals surface area contributed by atoms with Crippen LogP contribution in [0, 0.1) is 11.8 Å². The number of nitrogens with zero attached hydrogens (tertiary/aromatic N) is 1. The van der Waals surface area contributed by atoms with Crippen LogP contribution in [0.1, 0.15) is 6.92 Å². The minimum atomic E-state index is -0.281. The number of nitrogens with one attached hydrogen (secondary N) is 2. The van der Waals surface area contributed by atoms with Gasteiger partial charge in [-0.05, 0) is 6.92 Å². The van der Waals surface area contributed by atoms with Gasteiger partial charge in [0.1, 0.15) is 0 Å². The number of thioether (sulfide) groups is 1. The van der Waals surface area contributed by atoms with Gasteiger partial charge in [0.05, 0.1) is 5.75 Å². The van der Waals surface area contributed by atoms with Crippen molar-refractivity contribution in [1.29, 1.82) is 0 Å². The fraction of sp³-hybridized carbons (Fsp3) is 0.333. The minimum absolute atomic E-state index is 0.281. The molecule has 0 saturated carbocycles. The third-order valence-corrected chi connectivity index (χ3v) is 1.69. The molecule has 0 aliphatic heterocycles. The van der Waals surface area contributed by atoms with E-state index in [-0.39, 0.29) is 5.69 Å². The topological polar surface area (TPSA) is 61.5 Å². The number of H-pyrrole nitrogens is 2. The molecule has 5 heteroatoms. The molecule has 0 aromatic carbocycles. The Bertz CT molecular complexity index is 329. The van der Waals surface area contributed by atoms with E-state index >= 15 is 0 Å². The molecular weight excluding hydrogens is 162 g/mol. The van der Waals surface area contributed by atoms with Gasteiger partial charge in [0.15, 0.2) is 5.16 Å². The van der Waals surface area contributed by atoms with Crippen LogP contribution in [0.4, 0.5) is 0 Å². The molecule has 0 atom stereocenters. The lowest BCUT2D eigenvalue weighted by Gasteiger charge is -1.84. The zero-order chi connectivity index (χ0) is 8.10. The van der Waals surface area contributed by atoms with Crippen molar-refractivity contribution in [3.05, 3.63) is 10.5 Å². The second-order valence-electron chi connectivity index (χ2n) is 1.70. The van der Waals surface area contributed by atoms with Gasteiger partial charge in [0, 0.05) is 0 Å². The largest absolute Gasteiger partial charge is 0.341 e. The molecule has 1 aromatic rings. The van der Waals surface area contributed by atoms with Crippen LogP contribution < -0.4 is 5.69 Å². The zero-order valence-electron chi connectivity index (χ0n) is 5.97. The minimum Gasteiger partial charge on any atom is -0.284 e. The van der Waals surface area contributed by atoms with Crippen molar-refractivity contribution in [1.82, 2.24) is 15.2 Å². The molecule has 2 N–H and O–H groups in total. The second-order valence-corrected chi connectivity index (χ2v) is 2.66. The van der Waals surface area contributed by atoms with Crippen LogP contribution in [-0.2, 0) is 0 Å². The summed E-state index contributed by atoms with van der Waals surface area (Å²) in [6.07, 6.45) is 0. The monoisotopic (exact) mass is 169 g/mol. The third kappa shape index (κ3) is 2.51. The van der Waals surface area contributed by atoms with Crippen molar-refractivity contribution in [2.45, 2.75) is 12.1 Å². The van der Waals surface area contributed by atoms with E-state index in [0.717, 1.165) is 0 Å². The molecule has 58 valence electrons. The van der Waals surface area contributed by atoms with Crippen LogP contribution in [0.3, 0.4) is 0 Å². The first-order valence-electron chi connectivity index (χ1n) is 3.00. The molecule has 0 amide bonds. The fourth-order valence-corrected chi connectivity index (χ4v) is 1.13. The molecule has 0 spiro atoms. The van der Waals surface area contributed by atoms with Gasteiger partial charge < -0.3 is 0 Å². The molecule has 0 saturated heterocycles. The number of rotatable bonds is 2. The Balaban J connectivity index is 2.49. The molecule has 1 rings (SSSR count). The van der Waals surface area contributed by atoms with Crippen LogP contribution >= 0.6 is 11.8 Å². The Hall–Kier alpha value is -1.15. The highest BCUT2D eigenvalue weighted by Gasteiger charge is 1.94. The van der Waals surface area contributed by atoms with Crippen LogP contribution in [0.15, 0.2) is 9.95 Å². The van der Waals surface area contributed by atoms with E-state index in [2.05, 4.69) is 27.0 Å².